The fourth-order valence-corrected chi connectivity index (χ4v) is 2.84. The van der Waals surface area contributed by atoms with Gasteiger partial charge in [0.25, 0.3) is 0 Å². The van der Waals surface area contributed by atoms with Gasteiger partial charge >= 0.3 is 0 Å². The summed E-state index contributed by atoms with van der Waals surface area (Å²) >= 11 is 0. The molecule has 0 radical (unpaired) electrons. The summed E-state index contributed by atoms with van der Waals surface area (Å²) in [4.78, 5) is 2.67. The third-order valence-corrected chi connectivity index (χ3v) is 3.93. The molecule has 1 N–H and O–H groups in total. The fourth-order valence-electron chi connectivity index (χ4n) is 2.84. The molecule has 0 spiro atoms. The van der Waals surface area contributed by atoms with Gasteiger partial charge in [-0.3, -0.25) is 4.90 Å². The molecular formula is C15H32N2. The van der Waals surface area contributed by atoms with E-state index in [0.717, 1.165) is 12.0 Å². The summed E-state index contributed by atoms with van der Waals surface area (Å²) in [6.07, 6.45) is 6.82. The average Bonchev–Trinajstić information content (AvgIpc) is 2.29. The third-order valence-electron chi connectivity index (χ3n) is 3.93. The second kappa shape index (κ2) is 8.10. The molecule has 1 rings (SSSR count). The molecule has 1 heterocycles. The Kier molecular flexibility index (Phi) is 7.14. The van der Waals surface area contributed by atoms with E-state index in [1.807, 2.05) is 0 Å². The molecule has 1 aliphatic rings. The van der Waals surface area contributed by atoms with Crippen LogP contribution in [0.5, 0.6) is 0 Å². The van der Waals surface area contributed by atoms with E-state index in [1.165, 1.54) is 51.7 Å². The van der Waals surface area contributed by atoms with Gasteiger partial charge in [-0.1, -0.05) is 26.7 Å². The minimum Gasteiger partial charge on any atom is -0.313 e. The van der Waals surface area contributed by atoms with Crippen molar-refractivity contribution in [1.29, 1.82) is 0 Å². The van der Waals surface area contributed by atoms with Crippen molar-refractivity contribution < 1.29 is 0 Å². The van der Waals surface area contributed by atoms with E-state index >= 15 is 0 Å². The van der Waals surface area contributed by atoms with E-state index in [2.05, 4.69) is 37.9 Å². The van der Waals surface area contributed by atoms with Gasteiger partial charge in [-0.25, -0.2) is 0 Å². The lowest BCUT2D eigenvalue weighted by atomic mass is 10.0. The standard InChI is InChI=1S/C15H32N2/c1-5-8-14(4)11-17(13(2)3)12-15-9-6-7-10-16-15/h13-16H,5-12H2,1-4H3. The molecule has 2 atom stereocenters. The maximum atomic E-state index is 3.67. The molecule has 2 heteroatoms. The maximum Gasteiger partial charge on any atom is 0.0195 e. The molecule has 0 aromatic carbocycles. The molecular weight excluding hydrogens is 208 g/mol. The lowest BCUT2D eigenvalue weighted by Crippen LogP contribution is -2.47. The molecule has 0 aromatic rings. The first kappa shape index (κ1) is 15.0. The first-order valence-corrected chi connectivity index (χ1v) is 7.61. The van der Waals surface area contributed by atoms with Gasteiger partial charge in [0.1, 0.15) is 0 Å². The average molecular weight is 240 g/mol. The molecule has 0 amide bonds. The van der Waals surface area contributed by atoms with Crippen LogP contribution in [0.2, 0.25) is 0 Å². The molecule has 102 valence electrons. The molecule has 0 bridgehead atoms. The molecule has 0 aromatic heterocycles. The highest BCUT2D eigenvalue weighted by molar-refractivity contribution is 4.78. The van der Waals surface area contributed by atoms with Crippen LogP contribution in [0.4, 0.5) is 0 Å². The minimum absolute atomic E-state index is 0.679. The predicted octanol–water partition coefficient (Wildman–Crippen LogP) is 3.28. The Morgan fingerprint density at radius 1 is 1.24 bits per heavy atom. The first-order chi connectivity index (χ1) is 8.13. The van der Waals surface area contributed by atoms with Crippen LogP contribution >= 0.6 is 0 Å². The van der Waals surface area contributed by atoms with E-state index < -0.39 is 0 Å². The number of hydrogen-bond donors (Lipinski definition) is 1. The van der Waals surface area contributed by atoms with Crippen molar-refractivity contribution in [2.45, 2.75) is 71.9 Å². The van der Waals surface area contributed by atoms with E-state index in [9.17, 15) is 0 Å². The van der Waals surface area contributed by atoms with Gasteiger partial charge in [0, 0.05) is 25.2 Å². The van der Waals surface area contributed by atoms with Crippen molar-refractivity contribution in [2.24, 2.45) is 5.92 Å². The fraction of sp³-hybridized carbons (Fsp3) is 1.00. The Morgan fingerprint density at radius 2 is 2.00 bits per heavy atom. The van der Waals surface area contributed by atoms with Crippen molar-refractivity contribution >= 4 is 0 Å². The predicted molar refractivity (Wildman–Crippen MR) is 76.4 cm³/mol. The minimum atomic E-state index is 0.679. The van der Waals surface area contributed by atoms with Gasteiger partial charge in [0.15, 0.2) is 0 Å². The summed E-state index contributed by atoms with van der Waals surface area (Å²) in [5.74, 6) is 0.839. The van der Waals surface area contributed by atoms with Gasteiger partial charge in [-0.15, -0.1) is 0 Å². The van der Waals surface area contributed by atoms with Crippen LogP contribution in [0.25, 0.3) is 0 Å². The molecule has 2 unspecified atom stereocenters. The van der Waals surface area contributed by atoms with E-state index in [1.54, 1.807) is 0 Å². The van der Waals surface area contributed by atoms with Gasteiger partial charge in [0.2, 0.25) is 0 Å². The van der Waals surface area contributed by atoms with E-state index in [4.69, 9.17) is 0 Å². The summed E-state index contributed by atoms with van der Waals surface area (Å²) in [7, 11) is 0. The molecule has 2 nitrogen and oxygen atoms in total. The Bertz CT molecular complexity index is 185. The highest BCUT2D eigenvalue weighted by Gasteiger charge is 2.19. The Labute approximate surface area is 108 Å². The zero-order valence-corrected chi connectivity index (χ0v) is 12.3. The summed E-state index contributed by atoms with van der Waals surface area (Å²) in [5, 5.41) is 3.67. The summed E-state index contributed by atoms with van der Waals surface area (Å²) < 4.78 is 0. The van der Waals surface area contributed by atoms with Crippen LogP contribution < -0.4 is 5.32 Å². The van der Waals surface area contributed by atoms with Crippen molar-refractivity contribution in [3.63, 3.8) is 0 Å². The second-order valence-corrected chi connectivity index (χ2v) is 6.09. The Balaban J connectivity index is 2.36. The number of hydrogen-bond acceptors (Lipinski definition) is 2. The van der Waals surface area contributed by atoms with Crippen molar-refractivity contribution in [2.75, 3.05) is 19.6 Å². The van der Waals surface area contributed by atoms with Crippen LogP contribution in [0, 0.1) is 5.92 Å². The quantitative estimate of drug-likeness (QED) is 0.735. The lowest BCUT2D eigenvalue weighted by Gasteiger charge is -2.34. The highest BCUT2D eigenvalue weighted by Crippen LogP contribution is 2.14. The number of rotatable bonds is 7. The molecule has 0 saturated carbocycles. The zero-order valence-electron chi connectivity index (χ0n) is 12.3. The van der Waals surface area contributed by atoms with Crippen molar-refractivity contribution in [1.82, 2.24) is 10.2 Å². The van der Waals surface area contributed by atoms with Gasteiger partial charge < -0.3 is 5.32 Å². The van der Waals surface area contributed by atoms with Crippen molar-refractivity contribution in [3.05, 3.63) is 0 Å². The number of nitrogens with zero attached hydrogens (tertiary/aromatic N) is 1. The molecule has 1 fully saturated rings. The van der Waals surface area contributed by atoms with Crippen LogP contribution in [-0.2, 0) is 0 Å². The highest BCUT2D eigenvalue weighted by atomic mass is 15.2. The van der Waals surface area contributed by atoms with Crippen LogP contribution in [-0.4, -0.2) is 36.6 Å². The molecule has 1 saturated heterocycles. The van der Waals surface area contributed by atoms with E-state index in [0.29, 0.717) is 6.04 Å². The van der Waals surface area contributed by atoms with Gasteiger partial charge in [-0.05, 0) is 45.6 Å². The first-order valence-electron chi connectivity index (χ1n) is 7.61. The second-order valence-electron chi connectivity index (χ2n) is 6.09. The van der Waals surface area contributed by atoms with E-state index in [-0.39, 0.29) is 0 Å². The topological polar surface area (TPSA) is 15.3 Å². The summed E-state index contributed by atoms with van der Waals surface area (Å²) in [6, 6.07) is 1.41. The number of nitrogens with one attached hydrogen (secondary N) is 1. The normalized spacial score (nSPS) is 23.3. The molecule has 17 heavy (non-hydrogen) atoms. The Morgan fingerprint density at radius 3 is 2.53 bits per heavy atom. The van der Waals surface area contributed by atoms with Crippen molar-refractivity contribution in [3.8, 4) is 0 Å². The van der Waals surface area contributed by atoms with Crippen LogP contribution in [0.3, 0.4) is 0 Å². The number of piperidine rings is 1. The molecule has 1 aliphatic heterocycles. The smallest absolute Gasteiger partial charge is 0.0195 e. The Hall–Kier alpha value is -0.0800. The third kappa shape index (κ3) is 5.87. The van der Waals surface area contributed by atoms with Gasteiger partial charge in [0.05, 0.1) is 0 Å². The zero-order chi connectivity index (χ0) is 12.7. The molecule has 0 aliphatic carbocycles. The van der Waals surface area contributed by atoms with Gasteiger partial charge in [-0.2, -0.15) is 0 Å². The van der Waals surface area contributed by atoms with Crippen LogP contribution in [0.1, 0.15) is 59.8 Å². The summed E-state index contributed by atoms with van der Waals surface area (Å²) in [5.41, 5.74) is 0. The maximum absolute atomic E-state index is 3.67. The largest absolute Gasteiger partial charge is 0.313 e. The summed E-state index contributed by atoms with van der Waals surface area (Å²) in [6.45, 7) is 13.1. The lowest BCUT2D eigenvalue weighted by molar-refractivity contribution is 0.160. The van der Waals surface area contributed by atoms with Crippen LogP contribution in [0.15, 0.2) is 0 Å². The monoisotopic (exact) mass is 240 g/mol. The SMILES string of the molecule is CCCC(C)CN(CC1CCCCN1)C(C)C.